The summed E-state index contributed by atoms with van der Waals surface area (Å²) in [6, 6.07) is 6.67. The lowest BCUT2D eigenvalue weighted by Gasteiger charge is -2.35. The van der Waals surface area contributed by atoms with Gasteiger partial charge in [-0.25, -0.2) is 4.98 Å². The maximum absolute atomic E-state index is 4.94. The summed E-state index contributed by atoms with van der Waals surface area (Å²) in [6.45, 7) is 16.1. The molecule has 2 fully saturated rings. The van der Waals surface area contributed by atoms with E-state index in [1.807, 2.05) is 0 Å². The first kappa shape index (κ1) is 18.1. The van der Waals surface area contributed by atoms with Crippen molar-refractivity contribution in [2.24, 2.45) is 7.05 Å². The van der Waals surface area contributed by atoms with Crippen molar-refractivity contribution in [1.29, 1.82) is 0 Å². The first-order chi connectivity index (χ1) is 13.1. The van der Waals surface area contributed by atoms with Crippen LogP contribution < -0.4 is 10.2 Å². The van der Waals surface area contributed by atoms with Crippen LogP contribution in [-0.4, -0.2) is 47.2 Å². The van der Waals surface area contributed by atoms with Gasteiger partial charge in [0.1, 0.15) is 0 Å². The van der Waals surface area contributed by atoms with Crippen LogP contribution in [0.1, 0.15) is 37.7 Å². The van der Waals surface area contributed by atoms with E-state index < -0.39 is 0 Å². The van der Waals surface area contributed by atoms with Gasteiger partial charge in [-0.15, -0.1) is 0 Å². The lowest BCUT2D eigenvalue weighted by atomic mass is 9.88. The molecule has 1 unspecified atom stereocenters. The van der Waals surface area contributed by atoms with E-state index in [1.54, 1.807) is 0 Å². The number of hydrogen-bond donors (Lipinski definition) is 1. The zero-order chi connectivity index (χ0) is 19.0. The molecular weight excluding hydrogens is 334 g/mol. The Hall–Kier alpha value is -2.27. The molecule has 5 nitrogen and oxygen atoms in total. The van der Waals surface area contributed by atoms with Crippen LogP contribution in [0.25, 0.3) is 11.0 Å². The zero-order valence-corrected chi connectivity index (χ0v) is 16.7. The number of aryl methyl sites for hydroxylation is 1. The molecule has 2 aliphatic heterocycles. The van der Waals surface area contributed by atoms with E-state index in [2.05, 4.69) is 65.0 Å². The van der Waals surface area contributed by atoms with Gasteiger partial charge >= 0.3 is 0 Å². The molecule has 1 aromatic heterocycles. The molecular formula is C22H31N5. The van der Waals surface area contributed by atoms with Crippen LogP contribution in [-0.2, 0) is 7.05 Å². The molecule has 5 heteroatoms. The minimum Gasteiger partial charge on any atom is -0.363 e. The number of nitrogens with one attached hydrogen (secondary N) is 1. The molecule has 0 amide bonds. The van der Waals surface area contributed by atoms with E-state index in [1.165, 1.54) is 24.0 Å². The second-order valence-electron chi connectivity index (χ2n) is 7.89. The third kappa shape index (κ3) is 3.48. The summed E-state index contributed by atoms with van der Waals surface area (Å²) in [5.74, 6) is 1.43. The smallest absolute Gasteiger partial charge is 0.206 e. The van der Waals surface area contributed by atoms with Crippen molar-refractivity contribution in [2.45, 2.75) is 32.1 Å². The molecule has 2 aliphatic rings. The topological polar surface area (TPSA) is 36.3 Å². The molecule has 1 aromatic carbocycles. The van der Waals surface area contributed by atoms with Gasteiger partial charge in [0.05, 0.1) is 11.0 Å². The average molecular weight is 366 g/mol. The number of piperidine rings is 1. The highest BCUT2D eigenvalue weighted by atomic mass is 15.3. The molecule has 3 heterocycles. The number of imidazole rings is 1. The Morgan fingerprint density at radius 3 is 2.67 bits per heavy atom. The predicted molar refractivity (Wildman–Crippen MR) is 113 cm³/mol. The van der Waals surface area contributed by atoms with E-state index in [0.717, 1.165) is 61.9 Å². The molecule has 27 heavy (non-hydrogen) atoms. The van der Waals surface area contributed by atoms with Gasteiger partial charge in [-0.05, 0) is 43.5 Å². The van der Waals surface area contributed by atoms with Crippen molar-refractivity contribution in [3.8, 4) is 0 Å². The van der Waals surface area contributed by atoms with Crippen molar-refractivity contribution in [3.63, 3.8) is 0 Å². The van der Waals surface area contributed by atoms with Crippen LogP contribution in [0.5, 0.6) is 0 Å². The molecule has 144 valence electrons. The van der Waals surface area contributed by atoms with Gasteiger partial charge in [-0.1, -0.05) is 26.1 Å². The Balaban J connectivity index is 1.57. The van der Waals surface area contributed by atoms with Gasteiger partial charge < -0.3 is 14.8 Å². The Morgan fingerprint density at radius 1 is 1.19 bits per heavy atom. The Morgan fingerprint density at radius 2 is 1.96 bits per heavy atom. The highest BCUT2D eigenvalue weighted by Gasteiger charge is 2.24. The van der Waals surface area contributed by atoms with Gasteiger partial charge in [0.2, 0.25) is 5.95 Å². The number of allylic oxidation sites excluding steroid dienone is 2. The number of nitrogens with zero attached hydrogens (tertiary/aromatic N) is 4. The second-order valence-corrected chi connectivity index (χ2v) is 7.89. The fourth-order valence-corrected chi connectivity index (χ4v) is 4.42. The lowest BCUT2D eigenvalue weighted by Crippen LogP contribution is -2.47. The van der Waals surface area contributed by atoms with Gasteiger partial charge in [-0.3, -0.25) is 4.90 Å². The third-order valence-corrected chi connectivity index (χ3v) is 5.97. The normalized spacial score (nSPS) is 21.7. The Labute approximate surface area is 162 Å². The van der Waals surface area contributed by atoms with Crippen LogP contribution >= 0.6 is 0 Å². The fourth-order valence-electron chi connectivity index (χ4n) is 4.42. The van der Waals surface area contributed by atoms with Gasteiger partial charge in [0, 0.05) is 50.5 Å². The Bertz CT molecular complexity index is 857. The van der Waals surface area contributed by atoms with Crippen molar-refractivity contribution in [2.75, 3.05) is 37.6 Å². The maximum atomic E-state index is 4.94. The highest BCUT2D eigenvalue weighted by Crippen LogP contribution is 2.34. The van der Waals surface area contributed by atoms with Crippen molar-refractivity contribution in [3.05, 3.63) is 48.3 Å². The number of fused-ring (bicyclic) bond motifs is 1. The third-order valence-electron chi connectivity index (χ3n) is 5.97. The van der Waals surface area contributed by atoms with E-state index in [-0.39, 0.29) is 0 Å². The minimum absolute atomic E-state index is 0.343. The number of aromatic nitrogens is 2. The molecule has 2 saturated heterocycles. The highest BCUT2D eigenvalue weighted by molar-refractivity contribution is 5.80. The number of hydrogen-bond acceptors (Lipinski definition) is 4. The second kappa shape index (κ2) is 7.39. The first-order valence-corrected chi connectivity index (χ1v) is 10.1. The molecule has 1 N–H and O–H groups in total. The minimum atomic E-state index is 0.343. The quantitative estimate of drug-likeness (QED) is 0.898. The van der Waals surface area contributed by atoms with E-state index in [4.69, 9.17) is 4.98 Å². The average Bonchev–Trinajstić information content (AvgIpc) is 2.99. The SMILES string of the molecule is C=C1CCC(c2ccc3nc(N4CCN(CCC)CC4)n(C)c3c2)C(=C)N1. The predicted octanol–water partition coefficient (Wildman–Crippen LogP) is 3.60. The van der Waals surface area contributed by atoms with Crippen LogP contribution in [0.3, 0.4) is 0 Å². The van der Waals surface area contributed by atoms with E-state index in [0.29, 0.717) is 5.92 Å². The summed E-state index contributed by atoms with van der Waals surface area (Å²) in [4.78, 5) is 9.92. The largest absolute Gasteiger partial charge is 0.363 e. The fraction of sp³-hybridized carbons (Fsp3) is 0.500. The van der Waals surface area contributed by atoms with Crippen LogP contribution in [0.4, 0.5) is 5.95 Å². The number of benzene rings is 1. The number of anilines is 1. The standard InChI is InChI=1S/C22H31N5/c1-5-10-26-11-13-27(14-12-26)22-24-20-9-7-18(15-21(20)25(22)4)19-8-6-16(2)23-17(19)3/h7,9,15,19,23H,2-3,5-6,8,10-14H2,1,4H3. The summed E-state index contributed by atoms with van der Waals surface area (Å²) in [6.07, 6.45) is 3.30. The molecule has 2 aromatic rings. The van der Waals surface area contributed by atoms with Gasteiger partial charge in [0.25, 0.3) is 0 Å². The molecule has 4 rings (SSSR count). The van der Waals surface area contributed by atoms with Crippen LogP contribution in [0, 0.1) is 0 Å². The molecule has 0 spiro atoms. The monoisotopic (exact) mass is 365 g/mol. The van der Waals surface area contributed by atoms with Crippen molar-refractivity contribution in [1.82, 2.24) is 19.8 Å². The molecule has 0 bridgehead atoms. The van der Waals surface area contributed by atoms with Gasteiger partial charge in [0.15, 0.2) is 0 Å². The van der Waals surface area contributed by atoms with Gasteiger partial charge in [-0.2, -0.15) is 0 Å². The molecule has 0 saturated carbocycles. The molecule has 0 aliphatic carbocycles. The number of piperazine rings is 1. The van der Waals surface area contributed by atoms with Crippen LogP contribution in [0.2, 0.25) is 0 Å². The van der Waals surface area contributed by atoms with E-state index in [9.17, 15) is 0 Å². The maximum Gasteiger partial charge on any atom is 0.206 e. The lowest BCUT2D eigenvalue weighted by molar-refractivity contribution is 0.257. The van der Waals surface area contributed by atoms with Crippen molar-refractivity contribution < 1.29 is 0 Å². The zero-order valence-electron chi connectivity index (χ0n) is 16.7. The number of rotatable bonds is 4. The molecule has 1 atom stereocenters. The first-order valence-electron chi connectivity index (χ1n) is 10.1. The molecule has 0 radical (unpaired) electrons. The summed E-state index contributed by atoms with van der Waals surface area (Å²) in [5.41, 5.74) is 5.72. The summed E-state index contributed by atoms with van der Waals surface area (Å²) < 4.78 is 2.26. The Kier molecular flexibility index (Phi) is 4.96. The van der Waals surface area contributed by atoms with Crippen LogP contribution in [0.15, 0.2) is 42.8 Å². The summed E-state index contributed by atoms with van der Waals surface area (Å²) >= 11 is 0. The summed E-state index contributed by atoms with van der Waals surface area (Å²) in [5, 5.41) is 3.34. The summed E-state index contributed by atoms with van der Waals surface area (Å²) in [7, 11) is 2.14. The van der Waals surface area contributed by atoms with Crippen molar-refractivity contribution >= 4 is 17.0 Å². The van der Waals surface area contributed by atoms with E-state index >= 15 is 0 Å².